The van der Waals surface area contributed by atoms with E-state index < -0.39 is 5.54 Å². The van der Waals surface area contributed by atoms with Gasteiger partial charge in [-0.05, 0) is 74.2 Å². The first kappa shape index (κ1) is 21.7. The van der Waals surface area contributed by atoms with Gasteiger partial charge < -0.3 is 15.3 Å². The summed E-state index contributed by atoms with van der Waals surface area (Å²) in [6, 6.07) is 14.1. The van der Waals surface area contributed by atoms with Crippen molar-refractivity contribution in [1.29, 1.82) is 5.26 Å². The van der Waals surface area contributed by atoms with Gasteiger partial charge in [-0.1, -0.05) is 30.9 Å². The lowest BCUT2D eigenvalue weighted by Crippen LogP contribution is -2.58. The molecule has 2 aliphatic rings. The van der Waals surface area contributed by atoms with E-state index in [0.717, 1.165) is 31.6 Å². The van der Waals surface area contributed by atoms with Gasteiger partial charge in [0.2, 0.25) is 0 Å². The van der Waals surface area contributed by atoms with Gasteiger partial charge >= 0.3 is 0 Å². The SMILES string of the molecule is N#Cc1ccc(N(CC2CCCCC2)[C@@]2(C(=O)c3ccc(O)cc3)CCNC2)cc1Cl. The summed E-state index contributed by atoms with van der Waals surface area (Å²) < 4.78 is 0. The van der Waals surface area contributed by atoms with E-state index in [-0.39, 0.29) is 11.5 Å². The van der Waals surface area contributed by atoms with Crippen molar-refractivity contribution in [3.05, 3.63) is 58.6 Å². The molecule has 31 heavy (non-hydrogen) atoms. The normalized spacial score (nSPS) is 21.5. The number of nitrogens with zero attached hydrogens (tertiary/aromatic N) is 2. The zero-order valence-electron chi connectivity index (χ0n) is 17.6. The van der Waals surface area contributed by atoms with Crippen LogP contribution in [0.2, 0.25) is 5.02 Å². The number of aromatic hydroxyl groups is 1. The first-order chi connectivity index (χ1) is 15.0. The lowest BCUT2D eigenvalue weighted by atomic mass is 9.82. The standard InChI is InChI=1S/C25H28ClN3O2/c26-23-14-21(9-6-20(23)15-27)29(16-18-4-2-1-3-5-18)25(12-13-28-17-25)24(31)19-7-10-22(30)11-8-19/h6-11,14,18,28,30H,1-5,12-13,16-17H2/t25-/m0/s1. The highest BCUT2D eigenvalue weighted by atomic mass is 35.5. The molecular formula is C25H28ClN3O2. The van der Waals surface area contributed by atoms with Crippen LogP contribution >= 0.6 is 11.6 Å². The van der Waals surface area contributed by atoms with Gasteiger partial charge in [0, 0.05) is 24.3 Å². The molecule has 2 N–H and O–H groups in total. The van der Waals surface area contributed by atoms with E-state index in [1.807, 2.05) is 12.1 Å². The molecule has 2 fully saturated rings. The van der Waals surface area contributed by atoms with Crippen LogP contribution in [-0.2, 0) is 0 Å². The molecule has 5 nitrogen and oxygen atoms in total. The van der Waals surface area contributed by atoms with Gasteiger partial charge in [-0.3, -0.25) is 4.79 Å². The summed E-state index contributed by atoms with van der Waals surface area (Å²) in [5.41, 5.74) is 1.18. The van der Waals surface area contributed by atoms with Gasteiger partial charge in [-0.25, -0.2) is 0 Å². The number of phenols is 1. The summed E-state index contributed by atoms with van der Waals surface area (Å²) in [6.45, 7) is 2.10. The first-order valence-corrected chi connectivity index (χ1v) is 11.4. The smallest absolute Gasteiger partial charge is 0.189 e. The van der Waals surface area contributed by atoms with Crippen molar-refractivity contribution in [2.75, 3.05) is 24.5 Å². The number of nitrogens with one attached hydrogen (secondary N) is 1. The second-order valence-electron chi connectivity index (χ2n) is 8.72. The minimum atomic E-state index is -0.730. The van der Waals surface area contributed by atoms with Crippen LogP contribution in [0.25, 0.3) is 0 Å². The highest BCUT2D eigenvalue weighted by Gasteiger charge is 2.47. The van der Waals surface area contributed by atoms with E-state index in [2.05, 4.69) is 16.3 Å². The molecule has 0 amide bonds. The van der Waals surface area contributed by atoms with Crippen molar-refractivity contribution < 1.29 is 9.90 Å². The zero-order chi connectivity index (χ0) is 21.8. The quantitative estimate of drug-likeness (QED) is 0.627. The van der Waals surface area contributed by atoms with Crippen molar-refractivity contribution in [2.24, 2.45) is 5.92 Å². The van der Waals surface area contributed by atoms with Gasteiger partial charge in [-0.15, -0.1) is 0 Å². The third kappa shape index (κ3) is 4.42. The largest absolute Gasteiger partial charge is 0.508 e. The fourth-order valence-electron chi connectivity index (χ4n) is 5.02. The van der Waals surface area contributed by atoms with Crippen molar-refractivity contribution in [1.82, 2.24) is 5.32 Å². The molecule has 0 bridgehead atoms. The molecule has 1 aliphatic heterocycles. The van der Waals surface area contributed by atoms with Crippen LogP contribution in [0.3, 0.4) is 0 Å². The van der Waals surface area contributed by atoms with Gasteiger partial charge in [0.25, 0.3) is 0 Å². The Hall–Kier alpha value is -2.55. The second kappa shape index (κ2) is 9.30. The molecule has 4 rings (SSSR count). The molecule has 1 atom stereocenters. The highest BCUT2D eigenvalue weighted by Crippen LogP contribution is 2.37. The van der Waals surface area contributed by atoms with E-state index in [4.69, 9.17) is 11.6 Å². The Morgan fingerprint density at radius 2 is 1.94 bits per heavy atom. The highest BCUT2D eigenvalue weighted by molar-refractivity contribution is 6.32. The molecule has 1 aliphatic carbocycles. The van der Waals surface area contributed by atoms with Crippen molar-refractivity contribution >= 4 is 23.1 Å². The molecule has 2 aromatic rings. The van der Waals surface area contributed by atoms with Crippen LogP contribution < -0.4 is 10.2 Å². The van der Waals surface area contributed by atoms with Gasteiger partial charge in [0.15, 0.2) is 5.78 Å². The first-order valence-electron chi connectivity index (χ1n) is 11.1. The summed E-state index contributed by atoms with van der Waals surface area (Å²) in [5.74, 6) is 0.718. The molecule has 0 aromatic heterocycles. The molecule has 1 heterocycles. The zero-order valence-corrected chi connectivity index (χ0v) is 18.4. The average molecular weight is 438 g/mol. The topological polar surface area (TPSA) is 76.4 Å². The third-order valence-electron chi connectivity index (χ3n) is 6.75. The Morgan fingerprint density at radius 3 is 2.55 bits per heavy atom. The number of rotatable bonds is 6. The Balaban J connectivity index is 1.76. The van der Waals surface area contributed by atoms with Gasteiger partial charge in [0.1, 0.15) is 17.4 Å². The van der Waals surface area contributed by atoms with E-state index >= 15 is 0 Å². The number of benzene rings is 2. The molecule has 0 spiro atoms. The predicted octanol–water partition coefficient (Wildman–Crippen LogP) is 4.92. The number of carbonyl (C=O) groups excluding carboxylic acids is 1. The Labute approximate surface area is 188 Å². The molecule has 0 radical (unpaired) electrons. The Bertz CT molecular complexity index is 971. The van der Waals surface area contributed by atoms with Gasteiger partial charge in [0.05, 0.1) is 10.6 Å². The molecule has 6 heteroatoms. The fourth-order valence-corrected chi connectivity index (χ4v) is 5.24. The van der Waals surface area contributed by atoms with Crippen LogP contribution in [-0.4, -0.2) is 36.1 Å². The van der Waals surface area contributed by atoms with Crippen molar-refractivity contribution in [2.45, 2.75) is 44.1 Å². The van der Waals surface area contributed by atoms with Crippen LogP contribution in [0, 0.1) is 17.2 Å². The third-order valence-corrected chi connectivity index (χ3v) is 7.06. The van der Waals surface area contributed by atoms with Crippen molar-refractivity contribution in [3.63, 3.8) is 0 Å². The number of hydrogen-bond acceptors (Lipinski definition) is 5. The summed E-state index contributed by atoms with van der Waals surface area (Å²) in [7, 11) is 0. The van der Waals surface area contributed by atoms with Crippen molar-refractivity contribution in [3.8, 4) is 11.8 Å². The average Bonchev–Trinajstić information content (AvgIpc) is 3.29. The summed E-state index contributed by atoms with van der Waals surface area (Å²) in [5, 5.41) is 22.8. The fraction of sp³-hybridized carbons (Fsp3) is 0.440. The molecule has 1 saturated heterocycles. The van der Waals surface area contributed by atoms with E-state index in [1.54, 1.807) is 30.3 Å². The number of phenolic OH excluding ortho intramolecular Hbond substituents is 1. The number of nitriles is 1. The maximum atomic E-state index is 13.9. The molecule has 2 aromatic carbocycles. The maximum Gasteiger partial charge on any atom is 0.189 e. The summed E-state index contributed by atoms with van der Waals surface area (Å²) in [6.07, 6.45) is 6.75. The number of hydrogen-bond donors (Lipinski definition) is 2. The van der Waals surface area contributed by atoms with E-state index in [1.165, 1.54) is 19.3 Å². The number of Topliss-reactive ketones (excluding diaryl/α,β-unsaturated/α-hetero) is 1. The van der Waals surface area contributed by atoms with Crippen LogP contribution in [0.15, 0.2) is 42.5 Å². The lowest BCUT2D eigenvalue weighted by Gasteiger charge is -2.44. The molecule has 162 valence electrons. The minimum absolute atomic E-state index is 0.0498. The summed E-state index contributed by atoms with van der Waals surface area (Å²) >= 11 is 6.40. The molecule has 1 saturated carbocycles. The number of ketones is 1. The number of anilines is 1. The Kier molecular flexibility index (Phi) is 6.50. The maximum absolute atomic E-state index is 13.9. The van der Waals surface area contributed by atoms with Crippen LogP contribution in [0.5, 0.6) is 5.75 Å². The lowest BCUT2D eigenvalue weighted by molar-refractivity contribution is 0.0889. The monoisotopic (exact) mass is 437 g/mol. The van der Waals surface area contributed by atoms with Crippen LogP contribution in [0.1, 0.15) is 54.4 Å². The van der Waals surface area contributed by atoms with E-state index in [0.29, 0.717) is 35.0 Å². The Morgan fingerprint density at radius 1 is 1.19 bits per heavy atom. The minimum Gasteiger partial charge on any atom is -0.508 e. The molecular weight excluding hydrogens is 410 g/mol. The van der Waals surface area contributed by atoms with E-state index in [9.17, 15) is 15.2 Å². The van der Waals surface area contributed by atoms with Crippen LogP contribution in [0.4, 0.5) is 5.69 Å². The summed E-state index contributed by atoms with van der Waals surface area (Å²) in [4.78, 5) is 16.1. The van der Waals surface area contributed by atoms with Gasteiger partial charge in [-0.2, -0.15) is 5.26 Å². The number of carbonyl (C=O) groups is 1. The molecule has 0 unspecified atom stereocenters. The predicted molar refractivity (Wildman–Crippen MR) is 123 cm³/mol. The number of halogens is 1. The second-order valence-corrected chi connectivity index (χ2v) is 9.13.